The van der Waals surface area contributed by atoms with E-state index in [-0.39, 0.29) is 12.1 Å². The monoisotopic (exact) mass is 406 g/mol. The SMILES string of the molecule is CCOC(=O)N1CCC(Nc2c(NCCCN3CCC[C@H](C)C3)c(=O)c2=O)CC1. The molecule has 0 aromatic heterocycles. The van der Waals surface area contributed by atoms with Crippen LogP contribution in [0.2, 0.25) is 0 Å². The number of nitrogens with zero attached hydrogens (tertiary/aromatic N) is 2. The van der Waals surface area contributed by atoms with Crippen molar-refractivity contribution in [1.29, 1.82) is 0 Å². The Morgan fingerprint density at radius 3 is 2.52 bits per heavy atom. The Morgan fingerprint density at radius 2 is 1.83 bits per heavy atom. The second-order valence-corrected chi connectivity index (χ2v) is 8.34. The zero-order valence-corrected chi connectivity index (χ0v) is 17.7. The third-order valence-electron chi connectivity index (χ3n) is 5.97. The van der Waals surface area contributed by atoms with Crippen molar-refractivity contribution in [1.82, 2.24) is 9.80 Å². The summed E-state index contributed by atoms with van der Waals surface area (Å²) in [6.45, 7) is 9.63. The van der Waals surface area contributed by atoms with Gasteiger partial charge in [0.05, 0.1) is 6.61 Å². The van der Waals surface area contributed by atoms with Crippen LogP contribution in [0, 0.1) is 5.92 Å². The van der Waals surface area contributed by atoms with Gasteiger partial charge in [-0.25, -0.2) is 4.79 Å². The van der Waals surface area contributed by atoms with Crippen LogP contribution in [-0.4, -0.2) is 67.8 Å². The molecule has 162 valence electrons. The van der Waals surface area contributed by atoms with Gasteiger partial charge in [0.2, 0.25) is 0 Å². The predicted octanol–water partition coefficient (Wildman–Crippen LogP) is 1.85. The van der Waals surface area contributed by atoms with E-state index in [0.717, 1.165) is 44.8 Å². The Hall–Kier alpha value is -2.09. The normalized spacial score (nSPS) is 21.3. The van der Waals surface area contributed by atoms with Gasteiger partial charge in [-0.3, -0.25) is 9.59 Å². The van der Waals surface area contributed by atoms with Crippen molar-refractivity contribution >= 4 is 17.5 Å². The highest BCUT2D eigenvalue weighted by atomic mass is 16.6. The van der Waals surface area contributed by atoms with Crippen LogP contribution in [0.1, 0.15) is 46.0 Å². The van der Waals surface area contributed by atoms with Gasteiger partial charge < -0.3 is 25.2 Å². The maximum Gasteiger partial charge on any atom is 0.409 e. The second-order valence-electron chi connectivity index (χ2n) is 8.34. The van der Waals surface area contributed by atoms with Gasteiger partial charge in [-0.05, 0) is 58.0 Å². The molecular weight excluding hydrogens is 372 g/mol. The lowest BCUT2D eigenvalue weighted by Crippen LogP contribution is -2.45. The summed E-state index contributed by atoms with van der Waals surface area (Å²) in [5.41, 5.74) is -0.0285. The summed E-state index contributed by atoms with van der Waals surface area (Å²) in [6.07, 6.45) is 4.68. The summed E-state index contributed by atoms with van der Waals surface area (Å²) in [6, 6.07) is 0.0827. The van der Waals surface area contributed by atoms with Crippen LogP contribution in [0.4, 0.5) is 16.2 Å². The van der Waals surface area contributed by atoms with Crippen molar-refractivity contribution in [2.45, 2.75) is 52.0 Å². The second kappa shape index (κ2) is 10.1. The summed E-state index contributed by atoms with van der Waals surface area (Å²) in [5, 5.41) is 6.40. The minimum absolute atomic E-state index is 0.0827. The number of amides is 1. The number of likely N-dealkylation sites (tertiary alicyclic amines) is 2. The van der Waals surface area contributed by atoms with Crippen molar-refractivity contribution in [2.24, 2.45) is 5.92 Å². The number of hydrogen-bond acceptors (Lipinski definition) is 7. The summed E-state index contributed by atoms with van der Waals surface area (Å²) < 4.78 is 5.03. The van der Waals surface area contributed by atoms with Crippen LogP contribution in [0.15, 0.2) is 9.59 Å². The maximum absolute atomic E-state index is 12.0. The van der Waals surface area contributed by atoms with E-state index in [9.17, 15) is 14.4 Å². The first-order chi connectivity index (χ1) is 14.0. The Bertz CT molecular complexity index is 750. The van der Waals surface area contributed by atoms with Crippen LogP contribution in [-0.2, 0) is 4.74 Å². The molecule has 2 saturated heterocycles. The fourth-order valence-electron chi connectivity index (χ4n) is 4.33. The van der Waals surface area contributed by atoms with Crippen LogP contribution in [0.3, 0.4) is 0 Å². The van der Waals surface area contributed by atoms with Crippen molar-refractivity contribution < 1.29 is 9.53 Å². The lowest BCUT2D eigenvalue weighted by Gasteiger charge is -2.32. The molecule has 0 radical (unpaired) electrons. The van der Waals surface area contributed by atoms with E-state index in [1.807, 2.05) is 0 Å². The molecule has 29 heavy (non-hydrogen) atoms. The van der Waals surface area contributed by atoms with Gasteiger partial charge in [-0.15, -0.1) is 0 Å². The topological polar surface area (TPSA) is 91.0 Å². The zero-order chi connectivity index (χ0) is 20.8. The van der Waals surface area contributed by atoms with Gasteiger partial charge in [0, 0.05) is 32.2 Å². The molecule has 3 rings (SSSR count). The Kier molecular flexibility index (Phi) is 7.52. The summed E-state index contributed by atoms with van der Waals surface area (Å²) in [7, 11) is 0. The first-order valence-corrected chi connectivity index (χ1v) is 11.0. The minimum Gasteiger partial charge on any atom is -0.450 e. The minimum atomic E-state index is -0.440. The first-order valence-electron chi connectivity index (χ1n) is 11.0. The number of hydrogen-bond donors (Lipinski definition) is 2. The Labute approximate surface area is 172 Å². The maximum atomic E-state index is 12.0. The molecule has 0 aliphatic carbocycles. The number of nitrogens with one attached hydrogen (secondary N) is 2. The number of carbonyl (C=O) groups excluding carboxylic acids is 1. The molecule has 0 saturated carbocycles. The first kappa shape index (κ1) is 21.6. The molecule has 1 amide bonds. The molecule has 2 N–H and O–H groups in total. The smallest absolute Gasteiger partial charge is 0.409 e. The van der Waals surface area contributed by atoms with Crippen molar-refractivity contribution in [3.63, 3.8) is 0 Å². The van der Waals surface area contributed by atoms with Crippen molar-refractivity contribution in [3.05, 3.63) is 20.4 Å². The largest absolute Gasteiger partial charge is 0.450 e. The Morgan fingerprint density at radius 1 is 1.10 bits per heavy atom. The van der Waals surface area contributed by atoms with E-state index >= 15 is 0 Å². The molecule has 8 nitrogen and oxygen atoms in total. The van der Waals surface area contributed by atoms with Crippen molar-refractivity contribution in [2.75, 3.05) is 56.5 Å². The molecule has 0 bridgehead atoms. The number of rotatable bonds is 8. The van der Waals surface area contributed by atoms with E-state index in [2.05, 4.69) is 22.5 Å². The predicted molar refractivity (Wildman–Crippen MR) is 115 cm³/mol. The summed E-state index contributed by atoms with van der Waals surface area (Å²) in [4.78, 5) is 39.9. The molecule has 2 heterocycles. The van der Waals surface area contributed by atoms with Gasteiger partial charge >= 0.3 is 6.09 Å². The molecule has 0 unspecified atom stereocenters. The highest BCUT2D eigenvalue weighted by Crippen LogP contribution is 2.21. The summed E-state index contributed by atoms with van der Waals surface area (Å²) >= 11 is 0. The molecule has 0 spiro atoms. The molecule has 2 aliphatic heterocycles. The molecular formula is C21H34N4O4. The van der Waals surface area contributed by atoms with Gasteiger partial charge in [-0.1, -0.05) is 6.92 Å². The van der Waals surface area contributed by atoms with Crippen LogP contribution < -0.4 is 21.5 Å². The average Bonchev–Trinajstić information content (AvgIpc) is 2.73. The highest BCUT2D eigenvalue weighted by Gasteiger charge is 2.27. The molecule has 1 atom stereocenters. The molecule has 8 heteroatoms. The lowest BCUT2D eigenvalue weighted by atomic mass is 10.0. The molecule has 1 aromatic rings. The van der Waals surface area contributed by atoms with Crippen molar-refractivity contribution in [3.8, 4) is 0 Å². The van der Waals surface area contributed by atoms with Gasteiger partial charge in [0.15, 0.2) is 0 Å². The van der Waals surface area contributed by atoms with E-state index in [1.165, 1.54) is 12.8 Å². The van der Waals surface area contributed by atoms with Crippen LogP contribution >= 0.6 is 0 Å². The highest BCUT2D eigenvalue weighted by molar-refractivity contribution is 5.74. The third-order valence-corrected chi connectivity index (χ3v) is 5.97. The van der Waals surface area contributed by atoms with Gasteiger partial charge in [0.25, 0.3) is 10.9 Å². The standard InChI is InChI=1S/C21H34N4O4/c1-3-29-21(28)25-12-7-16(8-13-25)23-18-17(19(26)20(18)27)22-9-5-11-24-10-4-6-15(2)14-24/h15-16,22-23H,3-14H2,1-2H3/t15-/m0/s1. The van der Waals surface area contributed by atoms with Crippen LogP contribution in [0.5, 0.6) is 0 Å². The molecule has 2 aliphatic rings. The fraction of sp³-hybridized carbons (Fsp3) is 0.762. The van der Waals surface area contributed by atoms with Gasteiger partial charge in [-0.2, -0.15) is 0 Å². The van der Waals surface area contributed by atoms with E-state index < -0.39 is 10.9 Å². The fourth-order valence-corrected chi connectivity index (χ4v) is 4.33. The number of ether oxygens (including phenoxy) is 1. The van der Waals surface area contributed by atoms with Gasteiger partial charge in [0.1, 0.15) is 11.4 Å². The number of piperidine rings is 2. The molecule has 1 aromatic carbocycles. The van der Waals surface area contributed by atoms with Crippen LogP contribution in [0.25, 0.3) is 0 Å². The third kappa shape index (κ3) is 5.50. The quantitative estimate of drug-likeness (QED) is 0.503. The van der Waals surface area contributed by atoms with E-state index in [0.29, 0.717) is 37.6 Å². The van der Waals surface area contributed by atoms with E-state index in [1.54, 1.807) is 11.8 Å². The molecule has 2 fully saturated rings. The zero-order valence-electron chi connectivity index (χ0n) is 17.7. The number of anilines is 2. The lowest BCUT2D eigenvalue weighted by molar-refractivity contribution is 0.0983. The summed E-state index contributed by atoms with van der Waals surface area (Å²) in [5.74, 6) is 0.760. The average molecular weight is 407 g/mol. The number of carbonyl (C=O) groups is 1. The van der Waals surface area contributed by atoms with E-state index in [4.69, 9.17) is 4.74 Å². The Balaban J connectivity index is 1.42.